The zero-order valence-electron chi connectivity index (χ0n) is 11.4. The van der Waals surface area contributed by atoms with Crippen molar-refractivity contribution in [3.8, 4) is 17.1 Å². The molecule has 0 atom stereocenters. The van der Waals surface area contributed by atoms with Crippen molar-refractivity contribution in [2.75, 3.05) is 0 Å². The average molecular weight is 359 g/mol. The Balaban J connectivity index is 1.69. The number of carbonyl (C=O) groups is 1. The Morgan fingerprint density at radius 1 is 1.14 bits per heavy atom. The summed E-state index contributed by atoms with van der Waals surface area (Å²) in [5.41, 5.74) is 1.45. The lowest BCUT2D eigenvalue weighted by atomic mass is 10.2. The van der Waals surface area contributed by atoms with Crippen LogP contribution in [-0.4, -0.2) is 16.4 Å². The highest BCUT2D eigenvalue weighted by Gasteiger charge is 2.11. The molecule has 0 spiro atoms. The van der Waals surface area contributed by atoms with Crippen LogP contribution in [0.25, 0.3) is 11.4 Å². The summed E-state index contributed by atoms with van der Waals surface area (Å²) in [5, 5.41) is 3.94. The van der Waals surface area contributed by atoms with Gasteiger partial charge in [-0.05, 0) is 36.4 Å². The van der Waals surface area contributed by atoms with E-state index in [9.17, 15) is 4.79 Å². The summed E-state index contributed by atoms with van der Waals surface area (Å²) in [6.07, 6.45) is 0.784. The van der Waals surface area contributed by atoms with Crippen LogP contribution in [-0.2, 0) is 6.61 Å². The fourth-order valence-corrected chi connectivity index (χ4v) is 2.32. The normalized spacial score (nSPS) is 10.4. The predicted molar refractivity (Wildman–Crippen MR) is 83.6 cm³/mol. The zero-order valence-corrected chi connectivity index (χ0v) is 13.0. The molecule has 0 unspecified atom stereocenters. The Morgan fingerprint density at radius 2 is 1.91 bits per heavy atom. The summed E-state index contributed by atoms with van der Waals surface area (Å²) < 4.78 is 11.6. The molecule has 0 radical (unpaired) electrons. The molecule has 2 aromatic carbocycles. The van der Waals surface area contributed by atoms with Crippen LogP contribution in [0.5, 0.6) is 5.75 Å². The summed E-state index contributed by atoms with van der Waals surface area (Å²) in [6.45, 7) is 0.165. The van der Waals surface area contributed by atoms with Gasteiger partial charge >= 0.3 is 0 Å². The van der Waals surface area contributed by atoms with Crippen LogP contribution in [0.3, 0.4) is 0 Å². The number of ether oxygens (including phenoxy) is 1. The van der Waals surface area contributed by atoms with Gasteiger partial charge < -0.3 is 9.26 Å². The number of aromatic nitrogens is 2. The van der Waals surface area contributed by atoms with Crippen LogP contribution in [0.1, 0.15) is 16.2 Å². The van der Waals surface area contributed by atoms with E-state index < -0.39 is 0 Å². The number of aldehydes is 1. The van der Waals surface area contributed by atoms with E-state index in [1.54, 1.807) is 24.3 Å². The fourth-order valence-electron chi connectivity index (χ4n) is 1.85. The monoisotopic (exact) mass is 358 g/mol. The van der Waals surface area contributed by atoms with Crippen LogP contribution in [0.15, 0.2) is 57.5 Å². The van der Waals surface area contributed by atoms with E-state index in [1.165, 1.54) is 0 Å². The molecular formula is C16H11BrN2O3. The minimum absolute atomic E-state index is 0.165. The Bertz CT molecular complexity index is 784. The van der Waals surface area contributed by atoms with Crippen LogP contribution in [0, 0.1) is 0 Å². The van der Waals surface area contributed by atoms with Crippen molar-refractivity contribution in [2.45, 2.75) is 6.61 Å². The van der Waals surface area contributed by atoms with Gasteiger partial charge in [-0.1, -0.05) is 33.2 Å². The Morgan fingerprint density at radius 3 is 2.64 bits per heavy atom. The molecule has 0 amide bonds. The quantitative estimate of drug-likeness (QED) is 0.647. The van der Waals surface area contributed by atoms with Gasteiger partial charge in [0.25, 0.3) is 5.89 Å². The molecule has 6 heteroatoms. The van der Waals surface area contributed by atoms with Gasteiger partial charge in [-0.2, -0.15) is 4.98 Å². The second kappa shape index (κ2) is 6.53. The summed E-state index contributed by atoms with van der Waals surface area (Å²) in [4.78, 5) is 14.9. The largest absolute Gasteiger partial charge is 0.484 e. The van der Waals surface area contributed by atoms with E-state index >= 15 is 0 Å². The Kier molecular flexibility index (Phi) is 4.29. The number of halogens is 1. The van der Waals surface area contributed by atoms with E-state index in [1.807, 2.05) is 24.3 Å². The lowest BCUT2D eigenvalue weighted by Crippen LogP contribution is -1.96. The maximum atomic E-state index is 10.6. The summed E-state index contributed by atoms with van der Waals surface area (Å²) >= 11 is 3.45. The highest BCUT2D eigenvalue weighted by molar-refractivity contribution is 9.10. The van der Waals surface area contributed by atoms with Gasteiger partial charge in [-0.3, -0.25) is 4.79 Å². The van der Waals surface area contributed by atoms with Crippen molar-refractivity contribution in [1.82, 2.24) is 10.1 Å². The molecule has 110 valence electrons. The summed E-state index contributed by atoms with van der Waals surface area (Å²) in [7, 11) is 0. The topological polar surface area (TPSA) is 65.2 Å². The van der Waals surface area contributed by atoms with Crippen molar-refractivity contribution in [1.29, 1.82) is 0 Å². The van der Waals surface area contributed by atoms with E-state index in [4.69, 9.17) is 9.26 Å². The minimum atomic E-state index is 0.165. The third-order valence-corrected chi connectivity index (χ3v) is 3.65. The van der Waals surface area contributed by atoms with Gasteiger partial charge in [0.15, 0.2) is 6.61 Å². The van der Waals surface area contributed by atoms with Crippen molar-refractivity contribution >= 4 is 22.2 Å². The van der Waals surface area contributed by atoms with Gasteiger partial charge in [-0.15, -0.1) is 0 Å². The molecule has 0 N–H and O–H groups in total. The van der Waals surface area contributed by atoms with Crippen molar-refractivity contribution in [2.24, 2.45) is 0 Å². The molecule has 22 heavy (non-hydrogen) atoms. The molecule has 0 saturated carbocycles. The lowest BCUT2D eigenvalue weighted by Gasteiger charge is -2.02. The first-order valence-corrected chi connectivity index (χ1v) is 7.31. The zero-order chi connectivity index (χ0) is 15.4. The van der Waals surface area contributed by atoms with E-state index in [0.717, 1.165) is 16.3 Å². The van der Waals surface area contributed by atoms with Crippen molar-refractivity contribution in [3.63, 3.8) is 0 Å². The van der Waals surface area contributed by atoms with Gasteiger partial charge in [-0.25, -0.2) is 0 Å². The van der Waals surface area contributed by atoms with Crippen LogP contribution < -0.4 is 4.74 Å². The fraction of sp³-hybridized carbons (Fsp3) is 0.0625. The van der Waals surface area contributed by atoms with Crippen molar-refractivity contribution < 1.29 is 14.1 Å². The minimum Gasteiger partial charge on any atom is -0.484 e. The van der Waals surface area contributed by atoms with Crippen molar-refractivity contribution in [3.05, 3.63) is 64.5 Å². The van der Waals surface area contributed by atoms with Crippen LogP contribution >= 0.6 is 15.9 Å². The molecule has 0 aliphatic heterocycles. The first kappa shape index (κ1) is 14.5. The van der Waals surface area contributed by atoms with Crippen LogP contribution in [0.2, 0.25) is 0 Å². The van der Waals surface area contributed by atoms with E-state index in [0.29, 0.717) is 23.0 Å². The number of carbonyl (C=O) groups excluding carboxylic acids is 1. The second-order valence-electron chi connectivity index (χ2n) is 4.47. The average Bonchev–Trinajstić information content (AvgIpc) is 3.02. The molecule has 5 nitrogen and oxygen atoms in total. The first-order chi connectivity index (χ1) is 10.8. The summed E-state index contributed by atoms with van der Waals surface area (Å²) in [5.74, 6) is 1.51. The SMILES string of the molecule is O=Cc1ccc(OCc2nc(-c3ccccc3Br)no2)cc1. The van der Waals surface area contributed by atoms with E-state index in [-0.39, 0.29) is 6.61 Å². The number of rotatable bonds is 5. The van der Waals surface area contributed by atoms with Gasteiger partial charge in [0.05, 0.1) is 0 Å². The molecule has 1 heterocycles. The lowest BCUT2D eigenvalue weighted by molar-refractivity contribution is 0.112. The molecule has 0 saturated heterocycles. The van der Waals surface area contributed by atoms with Gasteiger partial charge in [0.2, 0.25) is 5.82 Å². The molecular weight excluding hydrogens is 348 g/mol. The number of hydrogen-bond acceptors (Lipinski definition) is 5. The predicted octanol–water partition coefficient (Wildman–Crippen LogP) is 3.89. The standard InChI is InChI=1S/C16H11BrN2O3/c17-14-4-2-1-3-13(14)16-18-15(22-19-16)10-21-12-7-5-11(9-20)6-8-12/h1-9H,10H2. The Hall–Kier alpha value is -2.47. The molecule has 3 aromatic rings. The summed E-state index contributed by atoms with van der Waals surface area (Å²) in [6, 6.07) is 14.4. The second-order valence-corrected chi connectivity index (χ2v) is 5.32. The van der Waals surface area contributed by atoms with E-state index in [2.05, 4.69) is 26.1 Å². The molecule has 0 aliphatic rings. The third kappa shape index (κ3) is 3.23. The Labute approximate surface area is 135 Å². The highest BCUT2D eigenvalue weighted by Crippen LogP contribution is 2.25. The molecule has 0 aliphatic carbocycles. The van der Waals surface area contributed by atoms with Gasteiger partial charge in [0, 0.05) is 15.6 Å². The molecule has 1 aromatic heterocycles. The van der Waals surface area contributed by atoms with Crippen LogP contribution in [0.4, 0.5) is 0 Å². The highest BCUT2D eigenvalue weighted by atomic mass is 79.9. The van der Waals surface area contributed by atoms with Gasteiger partial charge in [0.1, 0.15) is 12.0 Å². The number of nitrogens with zero attached hydrogens (tertiary/aromatic N) is 2. The number of hydrogen-bond donors (Lipinski definition) is 0. The third-order valence-electron chi connectivity index (χ3n) is 2.96. The molecule has 0 fully saturated rings. The number of benzene rings is 2. The maximum Gasteiger partial charge on any atom is 0.264 e. The first-order valence-electron chi connectivity index (χ1n) is 6.52. The maximum absolute atomic E-state index is 10.6. The smallest absolute Gasteiger partial charge is 0.264 e. The molecule has 0 bridgehead atoms. The molecule has 3 rings (SSSR count).